The Kier molecular flexibility index (Phi) is 41.5. The van der Waals surface area contributed by atoms with Crippen molar-refractivity contribution < 1.29 is 23.8 Å². The first-order chi connectivity index (χ1) is 25.6. The second-order valence-electron chi connectivity index (χ2n) is 14.6. The molecule has 0 spiro atoms. The molecule has 0 aliphatic rings. The van der Waals surface area contributed by atoms with Crippen LogP contribution in [0.2, 0.25) is 0 Å². The van der Waals surface area contributed by atoms with E-state index in [1.54, 1.807) is 0 Å². The molecule has 0 amide bonds. The van der Waals surface area contributed by atoms with E-state index in [0.29, 0.717) is 19.4 Å². The molecule has 1 unspecified atom stereocenters. The lowest BCUT2D eigenvalue weighted by Gasteiger charge is -2.18. The van der Waals surface area contributed by atoms with Crippen LogP contribution in [0.25, 0.3) is 0 Å². The van der Waals surface area contributed by atoms with E-state index in [0.717, 1.165) is 83.5 Å². The number of unbranched alkanes of at least 4 members (excludes halogenated alkanes) is 21. The molecule has 0 saturated heterocycles. The summed E-state index contributed by atoms with van der Waals surface area (Å²) in [7, 11) is 0. The second-order valence-corrected chi connectivity index (χ2v) is 14.6. The molecule has 0 heterocycles. The number of carbonyl (C=O) groups is 2. The van der Waals surface area contributed by atoms with Crippen LogP contribution in [-0.4, -0.2) is 37.9 Å². The Bertz CT molecular complexity index is 873. The Balaban J connectivity index is 4.10. The number of ether oxygens (including phenoxy) is 3. The van der Waals surface area contributed by atoms with E-state index < -0.39 is 6.10 Å². The minimum Gasteiger partial charge on any atom is -0.462 e. The van der Waals surface area contributed by atoms with E-state index in [4.69, 9.17) is 14.2 Å². The molecular formula is C47H84O5. The minimum absolute atomic E-state index is 0.0759. The van der Waals surface area contributed by atoms with Gasteiger partial charge in [-0.3, -0.25) is 9.59 Å². The predicted molar refractivity (Wildman–Crippen MR) is 224 cm³/mol. The van der Waals surface area contributed by atoms with Gasteiger partial charge in [0, 0.05) is 19.4 Å². The van der Waals surface area contributed by atoms with Crippen LogP contribution >= 0.6 is 0 Å². The normalized spacial score (nSPS) is 12.6. The van der Waals surface area contributed by atoms with Crippen LogP contribution in [0, 0.1) is 0 Å². The molecule has 5 heteroatoms. The molecule has 0 rings (SSSR count). The molecule has 0 saturated carbocycles. The fourth-order valence-corrected chi connectivity index (χ4v) is 6.05. The minimum atomic E-state index is -0.539. The van der Waals surface area contributed by atoms with Crippen LogP contribution in [0.5, 0.6) is 0 Å². The lowest BCUT2D eigenvalue weighted by Crippen LogP contribution is -2.30. The summed E-state index contributed by atoms with van der Waals surface area (Å²) < 4.78 is 17.2. The van der Waals surface area contributed by atoms with Crippen molar-refractivity contribution in [1.29, 1.82) is 0 Å². The third kappa shape index (κ3) is 40.6. The third-order valence-corrected chi connectivity index (χ3v) is 9.35. The summed E-state index contributed by atoms with van der Waals surface area (Å²) >= 11 is 0. The van der Waals surface area contributed by atoms with Crippen LogP contribution in [-0.2, 0) is 23.8 Å². The third-order valence-electron chi connectivity index (χ3n) is 9.35. The summed E-state index contributed by atoms with van der Waals surface area (Å²) in [6.07, 6.45) is 51.3. The van der Waals surface area contributed by atoms with Gasteiger partial charge in [-0.05, 0) is 77.0 Å². The number of hydrogen-bond acceptors (Lipinski definition) is 5. The van der Waals surface area contributed by atoms with Gasteiger partial charge in [0.25, 0.3) is 0 Å². The molecule has 0 radical (unpaired) electrons. The molecule has 0 aliphatic heterocycles. The molecular weight excluding hydrogens is 645 g/mol. The van der Waals surface area contributed by atoms with Gasteiger partial charge in [0.1, 0.15) is 6.61 Å². The van der Waals surface area contributed by atoms with Crippen molar-refractivity contribution >= 4 is 11.9 Å². The molecule has 5 nitrogen and oxygen atoms in total. The summed E-state index contributed by atoms with van der Waals surface area (Å²) in [5, 5.41) is 0. The first-order valence-electron chi connectivity index (χ1n) is 22.2. The number of carbonyl (C=O) groups excluding carboxylic acids is 2. The summed E-state index contributed by atoms with van der Waals surface area (Å²) in [4.78, 5) is 25.0. The van der Waals surface area contributed by atoms with E-state index in [9.17, 15) is 9.59 Å². The van der Waals surface area contributed by atoms with E-state index in [-0.39, 0.29) is 25.2 Å². The molecule has 0 bridgehead atoms. The molecule has 0 aromatic carbocycles. The van der Waals surface area contributed by atoms with Crippen LogP contribution < -0.4 is 0 Å². The molecule has 1 atom stereocenters. The monoisotopic (exact) mass is 729 g/mol. The van der Waals surface area contributed by atoms with Gasteiger partial charge in [-0.1, -0.05) is 172 Å². The Morgan fingerprint density at radius 3 is 1.40 bits per heavy atom. The first-order valence-corrected chi connectivity index (χ1v) is 22.2. The Morgan fingerprint density at radius 2 is 0.865 bits per heavy atom. The van der Waals surface area contributed by atoms with Gasteiger partial charge in [0.15, 0.2) is 6.10 Å². The standard InChI is InChI=1S/C47H84O5/c1-4-7-10-13-15-17-19-21-23-25-27-29-31-33-36-39-42-50-43-45(52-47(49)41-38-34-12-9-6-3)44-51-46(48)40-37-35-32-30-28-26-24-22-20-18-16-14-11-8-5-2/h7,10,15,17,21-24,45H,4-6,8-9,11-14,16,18-20,25-44H2,1-3H3/b10-7-,17-15-,23-21-,24-22-. The van der Waals surface area contributed by atoms with Crippen LogP contribution in [0.15, 0.2) is 48.6 Å². The lowest BCUT2D eigenvalue weighted by atomic mass is 10.1. The number of esters is 2. The summed E-state index contributed by atoms with van der Waals surface area (Å²) in [5.41, 5.74) is 0. The van der Waals surface area contributed by atoms with Gasteiger partial charge in [0.05, 0.1) is 6.61 Å². The number of rotatable bonds is 40. The zero-order valence-electron chi connectivity index (χ0n) is 34.6. The Morgan fingerprint density at radius 1 is 0.442 bits per heavy atom. The molecule has 302 valence electrons. The average molecular weight is 729 g/mol. The van der Waals surface area contributed by atoms with Gasteiger partial charge in [-0.15, -0.1) is 0 Å². The summed E-state index contributed by atoms with van der Waals surface area (Å²) in [6, 6.07) is 0. The number of allylic oxidation sites excluding steroid dienone is 8. The van der Waals surface area contributed by atoms with Crippen molar-refractivity contribution in [2.75, 3.05) is 19.8 Å². The zero-order valence-corrected chi connectivity index (χ0v) is 34.6. The summed E-state index contributed by atoms with van der Waals surface area (Å²) in [5.74, 6) is -0.425. The van der Waals surface area contributed by atoms with Crippen molar-refractivity contribution in [3.8, 4) is 0 Å². The van der Waals surface area contributed by atoms with E-state index in [2.05, 4.69) is 69.4 Å². The highest BCUT2D eigenvalue weighted by Crippen LogP contribution is 2.12. The van der Waals surface area contributed by atoms with E-state index >= 15 is 0 Å². The van der Waals surface area contributed by atoms with Crippen LogP contribution in [0.4, 0.5) is 0 Å². The largest absolute Gasteiger partial charge is 0.462 e. The highest BCUT2D eigenvalue weighted by Gasteiger charge is 2.17. The Hall–Kier alpha value is -2.14. The average Bonchev–Trinajstić information content (AvgIpc) is 3.14. The molecule has 0 N–H and O–H groups in total. The van der Waals surface area contributed by atoms with Crippen molar-refractivity contribution in [1.82, 2.24) is 0 Å². The molecule has 0 aromatic heterocycles. The van der Waals surface area contributed by atoms with Crippen LogP contribution in [0.3, 0.4) is 0 Å². The molecule has 0 aliphatic carbocycles. The maximum absolute atomic E-state index is 12.5. The quantitative estimate of drug-likeness (QED) is 0.0357. The maximum atomic E-state index is 12.5. The van der Waals surface area contributed by atoms with Gasteiger partial charge in [-0.25, -0.2) is 0 Å². The predicted octanol–water partition coefficient (Wildman–Crippen LogP) is 14.4. The van der Waals surface area contributed by atoms with Crippen molar-refractivity contribution in [3.63, 3.8) is 0 Å². The number of hydrogen-bond donors (Lipinski definition) is 0. The smallest absolute Gasteiger partial charge is 0.306 e. The first kappa shape index (κ1) is 49.9. The lowest BCUT2D eigenvalue weighted by molar-refractivity contribution is -0.163. The molecule has 0 aromatic rings. The molecule has 0 fully saturated rings. The van der Waals surface area contributed by atoms with E-state index in [1.807, 2.05) is 0 Å². The topological polar surface area (TPSA) is 61.8 Å². The highest BCUT2D eigenvalue weighted by atomic mass is 16.6. The van der Waals surface area contributed by atoms with Crippen molar-refractivity contribution in [2.24, 2.45) is 0 Å². The van der Waals surface area contributed by atoms with Crippen LogP contribution in [0.1, 0.15) is 213 Å². The van der Waals surface area contributed by atoms with Crippen molar-refractivity contribution in [2.45, 2.75) is 219 Å². The van der Waals surface area contributed by atoms with E-state index in [1.165, 1.54) is 96.3 Å². The fourth-order valence-electron chi connectivity index (χ4n) is 6.05. The van der Waals surface area contributed by atoms with Crippen molar-refractivity contribution in [3.05, 3.63) is 48.6 Å². The highest BCUT2D eigenvalue weighted by molar-refractivity contribution is 5.70. The molecule has 52 heavy (non-hydrogen) atoms. The van der Waals surface area contributed by atoms with Gasteiger partial charge < -0.3 is 14.2 Å². The summed E-state index contributed by atoms with van der Waals surface area (Å²) in [6.45, 7) is 7.61. The van der Waals surface area contributed by atoms with Gasteiger partial charge >= 0.3 is 11.9 Å². The van der Waals surface area contributed by atoms with Gasteiger partial charge in [-0.2, -0.15) is 0 Å². The second kappa shape index (κ2) is 43.3. The SMILES string of the molecule is CC/C=C\C/C=C\C/C=C\CCCCCCCCOCC(COC(=O)CCCCCCC/C=C\CCCCCCCC)OC(=O)CCCCCCC. The fraction of sp³-hybridized carbons (Fsp3) is 0.787. The maximum Gasteiger partial charge on any atom is 0.306 e. The van der Waals surface area contributed by atoms with Gasteiger partial charge in [0.2, 0.25) is 0 Å². The Labute approximate surface area is 322 Å². The zero-order chi connectivity index (χ0) is 37.8.